The van der Waals surface area contributed by atoms with Gasteiger partial charge in [0.05, 0.1) is 21.7 Å². The van der Waals surface area contributed by atoms with Gasteiger partial charge in [-0.15, -0.1) is 0 Å². The summed E-state index contributed by atoms with van der Waals surface area (Å²) in [4.78, 5) is 0.347. The summed E-state index contributed by atoms with van der Waals surface area (Å²) in [7, 11) is -5.37. The SMILES string of the molecule is COc1cccc(S(C)(=O)=NS(=O)(=O)N2CCCC2)c1. The molecule has 2 rings (SSSR count). The molecule has 20 heavy (non-hydrogen) atoms. The Hall–Kier alpha value is -1.12. The monoisotopic (exact) mass is 318 g/mol. The quantitative estimate of drug-likeness (QED) is 0.843. The molecule has 1 aromatic rings. The summed E-state index contributed by atoms with van der Waals surface area (Å²) in [5.41, 5.74) is 0. The van der Waals surface area contributed by atoms with Crippen LogP contribution in [0.2, 0.25) is 0 Å². The Balaban J connectivity index is 2.42. The van der Waals surface area contributed by atoms with Crippen molar-refractivity contribution in [3.63, 3.8) is 0 Å². The second-order valence-corrected chi connectivity index (χ2v) is 8.72. The highest BCUT2D eigenvalue weighted by Gasteiger charge is 2.26. The van der Waals surface area contributed by atoms with Gasteiger partial charge >= 0.3 is 10.2 Å². The molecule has 1 unspecified atom stereocenters. The number of hydrogen-bond acceptors (Lipinski definition) is 4. The Labute approximate surface area is 120 Å². The van der Waals surface area contributed by atoms with E-state index >= 15 is 0 Å². The fourth-order valence-electron chi connectivity index (χ4n) is 2.03. The molecule has 1 saturated heterocycles. The van der Waals surface area contributed by atoms with Crippen LogP contribution >= 0.6 is 0 Å². The number of rotatable bonds is 4. The van der Waals surface area contributed by atoms with Crippen molar-refractivity contribution < 1.29 is 17.4 Å². The van der Waals surface area contributed by atoms with E-state index in [4.69, 9.17) is 4.74 Å². The van der Waals surface area contributed by atoms with Gasteiger partial charge in [-0.3, -0.25) is 0 Å². The summed E-state index contributed by atoms with van der Waals surface area (Å²) in [6.07, 6.45) is 2.97. The topological polar surface area (TPSA) is 76.0 Å². The van der Waals surface area contributed by atoms with Gasteiger partial charge in [0.2, 0.25) is 0 Å². The molecule has 1 aromatic carbocycles. The lowest BCUT2D eigenvalue weighted by Crippen LogP contribution is -2.26. The summed E-state index contributed by atoms with van der Waals surface area (Å²) in [5, 5.41) is 0. The van der Waals surface area contributed by atoms with E-state index in [1.54, 1.807) is 24.3 Å². The molecule has 0 aliphatic carbocycles. The van der Waals surface area contributed by atoms with Crippen molar-refractivity contribution >= 4 is 19.9 Å². The van der Waals surface area contributed by atoms with E-state index in [0.717, 1.165) is 12.8 Å². The number of ether oxygens (including phenoxy) is 1. The van der Waals surface area contributed by atoms with Gasteiger partial charge in [0, 0.05) is 19.3 Å². The molecule has 1 atom stereocenters. The van der Waals surface area contributed by atoms with Crippen LogP contribution in [-0.2, 0) is 19.9 Å². The number of nitrogens with zero attached hydrogens (tertiary/aromatic N) is 2. The van der Waals surface area contributed by atoms with Gasteiger partial charge < -0.3 is 4.74 Å². The highest BCUT2D eigenvalue weighted by atomic mass is 32.3. The van der Waals surface area contributed by atoms with Crippen molar-refractivity contribution in [3.8, 4) is 5.75 Å². The standard InChI is InChI=1S/C12H18N2O4S2/c1-18-11-6-5-7-12(10-11)19(2,15)13-20(16,17)14-8-3-4-9-14/h5-7,10H,3-4,8-9H2,1-2H3. The number of benzene rings is 1. The van der Waals surface area contributed by atoms with Crippen molar-refractivity contribution in [2.24, 2.45) is 3.77 Å². The maximum atomic E-state index is 12.6. The van der Waals surface area contributed by atoms with E-state index in [0.29, 0.717) is 23.7 Å². The normalized spacial score (nSPS) is 19.5. The molecule has 1 heterocycles. The maximum Gasteiger partial charge on any atom is 0.330 e. The first-order valence-corrected chi connectivity index (χ1v) is 9.55. The highest BCUT2D eigenvalue weighted by molar-refractivity contribution is 8.02. The molecule has 6 nitrogen and oxygen atoms in total. The lowest BCUT2D eigenvalue weighted by atomic mass is 10.3. The Kier molecular flexibility index (Phi) is 4.36. The van der Waals surface area contributed by atoms with Gasteiger partial charge in [-0.05, 0) is 31.0 Å². The van der Waals surface area contributed by atoms with E-state index in [1.807, 2.05) is 0 Å². The van der Waals surface area contributed by atoms with Crippen LogP contribution in [-0.4, -0.2) is 43.4 Å². The van der Waals surface area contributed by atoms with Crippen LogP contribution < -0.4 is 4.74 Å². The van der Waals surface area contributed by atoms with E-state index in [2.05, 4.69) is 3.77 Å². The Morgan fingerprint density at radius 2 is 1.85 bits per heavy atom. The molecule has 0 spiro atoms. The van der Waals surface area contributed by atoms with Crippen molar-refractivity contribution in [3.05, 3.63) is 24.3 Å². The Morgan fingerprint density at radius 1 is 1.20 bits per heavy atom. The highest BCUT2D eigenvalue weighted by Crippen LogP contribution is 2.21. The molecule has 0 saturated carbocycles. The number of hydrogen-bond donors (Lipinski definition) is 0. The average Bonchev–Trinajstić information content (AvgIpc) is 2.92. The Bertz CT molecular complexity index is 700. The van der Waals surface area contributed by atoms with Gasteiger partial charge in [0.25, 0.3) is 0 Å². The third-order valence-corrected chi connectivity index (χ3v) is 7.14. The first kappa shape index (κ1) is 15.3. The third kappa shape index (κ3) is 3.31. The van der Waals surface area contributed by atoms with Crippen molar-refractivity contribution in [1.29, 1.82) is 0 Å². The van der Waals surface area contributed by atoms with Gasteiger partial charge in [-0.2, -0.15) is 12.7 Å². The summed E-state index contributed by atoms with van der Waals surface area (Å²) < 4.78 is 46.8. The zero-order valence-electron chi connectivity index (χ0n) is 11.5. The third-order valence-electron chi connectivity index (χ3n) is 3.11. The van der Waals surface area contributed by atoms with Crippen LogP contribution in [0.4, 0.5) is 0 Å². The Morgan fingerprint density at radius 3 is 2.45 bits per heavy atom. The van der Waals surface area contributed by atoms with Crippen molar-refractivity contribution in [2.75, 3.05) is 26.5 Å². The van der Waals surface area contributed by atoms with Crippen LogP contribution in [0.15, 0.2) is 32.9 Å². The first-order valence-electron chi connectivity index (χ1n) is 6.23. The van der Waals surface area contributed by atoms with E-state index in [-0.39, 0.29) is 0 Å². The first-order chi connectivity index (χ1) is 9.35. The smallest absolute Gasteiger partial charge is 0.330 e. The molecule has 0 aromatic heterocycles. The van der Waals surface area contributed by atoms with Gasteiger partial charge in [-0.1, -0.05) is 9.83 Å². The molecule has 0 N–H and O–H groups in total. The van der Waals surface area contributed by atoms with E-state index in [9.17, 15) is 12.6 Å². The van der Waals surface area contributed by atoms with Crippen molar-refractivity contribution in [1.82, 2.24) is 4.31 Å². The molecule has 0 bridgehead atoms. The summed E-state index contributed by atoms with van der Waals surface area (Å²) in [5.74, 6) is 0.519. The molecular formula is C12H18N2O4S2. The maximum absolute atomic E-state index is 12.6. The summed E-state index contributed by atoms with van der Waals surface area (Å²) in [6, 6.07) is 6.50. The predicted octanol–water partition coefficient (Wildman–Crippen LogP) is 1.49. The molecule has 112 valence electrons. The second kappa shape index (κ2) is 5.71. The molecule has 1 aliphatic heterocycles. The van der Waals surface area contributed by atoms with Gasteiger partial charge in [-0.25, -0.2) is 4.21 Å². The molecule has 8 heteroatoms. The zero-order valence-corrected chi connectivity index (χ0v) is 13.1. The minimum atomic E-state index is -3.84. The second-order valence-electron chi connectivity index (χ2n) is 4.64. The van der Waals surface area contributed by atoms with Gasteiger partial charge in [0.1, 0.15) is 5.75 Å². The zero-order chi connectivity index (χ0) is 14.8. The number of methoxy groups -OCH3 is 1. The van der Waals surface area contributed by atoms with Crippen molar-refractivity contribution in [2.45, 2.75) is 17.7 Å². The molecule has 0 amide bonds. The lowest BCUT2D eigenvalue weighted by molar-refractivity contribution is 0.413. The molecule has 0 radical (unpaired) electrons. The van der Waals surface area contributed by atoms with Crippen LogP contribution in [0.1, 0.15) is 12.8 Å². The van der Waals surface area contributed by atoms with Gasteiger partial charge in [0.15, 0.2) is 0 Å². The lowest BCUT2D eigenvalue weighted by Gasteiger charge is -2.13. The van der Waals surface area contributed by atoms with Crippen LogP contribution in [0.3, 0.4) is 0 Å². The molecule has 1 fully saturated rings. The largest absolute Gasteiger partial charge is 0.497 e. The van der Waals surface area contributed by atoms with E-state index < -0.39 is 19.9 Å². The van der Waals surface area contributed by atoms with Crippen LogP contribution in [0.5, 0.6) is 5.75 Å². The molecular weight excluding hydrogens is 300 g/mol. The average molecular weight is 318 g/mol. The predicted molar refractivity (Wildman–Crippen MR) is 77.5 cm³/mol. The minimum absolute atomic E-state index is 0.347. The molecule has 1 aliphatic rings. The fraction of sp³-hybridized carbons (Fsp3) is 0.500. The summed E-state index contributed by atoms with van der Waals surface area (Å²) >= 11 is 0. The minimum Gasteiger partial charge on any atom is -0.497 e. The van der Waals surface area contributed by atoms with E-state index in [1.165, 1.54) is 17.7 Å². The van der Waals surface area contributed by atoms with Crippen LogP contribution in [0, 0.1) is 0 Å². The fourth-order valence-corrected chi connectivity index (χ4v) is 5.57. The summed E-state index contributed by atoms with van der Waals surface area (Å²) in [6.45, 7) is 0.888. The van der Waals surface area contributed by atoms with Crippen LogP contribution in [0.25, 0.3) is 0 Å².